The lowest BCUT2D eigenvalue weighted by Gasteiger charge is -2.34. The summed E-state index contributed by atoms with van der Waals surface area (Å²) in [4.78, 5) is 61.6. The second kappa shape index (κ2) is 22.8. The van der Waals surface area contributed by atoms with Crippen molar-refractivity contribution in [3.05, 3.63) is 64.7 Å². The molecule has 0 bridgehead atoms. The van der Waals surface area contributed by atoms with Crippen molar-refractivity contribution in [2.24, 2.45) is 7.05 Å². The van der Waals surface area contributed by atoms with Crippen LogP contribution in [-0.4, -0.2) is 141 Å². The highest BCUT2D eigenvalue weighted by atomic mass is 32.2. The number of hydrogen-bond acceptors (Lipinski definition) is 13. The third kappa shape index (κ3) is 11.5. The number of sulfonamides is 1. The van der Waals surface area contributed by atoms with Crippen molar-refractivity contribution in [3.63, 3.8) is 0 Å². The lowest BCUT2D eigenvalue weighted by atomic mass is 9.93. The number of anilines is 1. The molecule has 1 saturated carbocycles. The molecule has 372 valence electrons. The van der Waals surface area contributed by atoms with Gasteiger partial charge in [-0.15, -0.1) is 0 Å². The molecule has 2 aliphatic heterocycles. The maximum absolute atomic E-state index is 13.8. The first-order valence-corrected chi connectivity index (χ1v) is 25.9. The molecule has 3 aromatic heterocycles. The molecule has 3 fully saturated rings. The van der Waals surface area contributed by atoms with Gasteiger partial charge in [-0.05, 0) is 88.0 Å². The van der Waals surface area contributed by atoms with Crippen LogP contribution in [0.25, 0.3) is 33.3 Å². The number of imidazole rings is 1. The highest BCUT2D eigenvalue weighted by molar-refractivity contribution is 7.89. The molecule has 0 radical (unpaired) electrons. The van der Waals surface area contributed by atoms with E-state index < -0.39 is 22.0 Å². The number of nitrogens with zero attached hydrogens (tertiary/aromatic N) is 8. The first-order valence-electron chi connectivity index (χ1n) is 24.4. The first kappa shape index (κ1) is 49.7. The van der Waals surface area contributed by atoms with Gasteiger partial charge in [0.25, 0.3) is 0 Å². The second-order valence-electron chi connectivity index (χ2n) is 18.1. The van der Waals surface area contributed by atoms with Crippen LogP contribution in [0, 0.1) is 0 Å². The van der Waals surface area contributed by atoms with E-state index in [-0.39, 0.29) is 73.7 Å². The average Bonchev–Trinajstić information content (AvgIpc) is 3.85. The van der Waals surface area contributed by atoms with Crippen molar-refractivity contribution >= 4 is 55.9 Å². The minimum Gasteiger partial charge on any atom is -0.393 e. The SMILES string of the molecule is CCCCNc1ncc2c(-c3ccc(S(=O)(=O)N4CCN(C(=O)NCCCOCCCOCCCc5cccc6c5n(C)c(=O)n6C5CCC(=O)NC5=O)CC4)cc3)nn(C3CCC(O)CC3)c2n1. The summed E-state index contributed by atoms with van der Waals surface area (Å²) >= 11 is 0. The van der Waals surface area contributed by atoms with Crippen LogP contribution in [0.4, 0.5) is 10.7 Å². The van der Waals surface area contributed by atoms with E-state index in [0.717, 1.165) is 60.7 Å². The Hall–Kier alpha value is -5.74. The van der Waals surface area contributed by atoms with Crippen LogP contribution in [0.3, 0.4) is 0 Å². The van der Waals surface area contributed by atoms with E-state index in [1.807, 2.05) is 22.9 Å². The maximum Gasteiger partial charge on any atom is 0.329 e. The summed E-state index contributed by atoms with van der Waals surface area (Å²) in [7, 11) is -2.11. The summed E-state index contributed by atoms with van der Waals surface area (Å²) < 4.78 is 45.5. The normalized spacial score (nSPS) is 19.3. The predicted molar refractivity (Wildman–Crippen MR) is 259 cm³/mol. The Morgan fingerprint density at radius 2 is 1.61 bits per heavy atom. The number of aromatic nitrogens is 6. The molecule has 1 unspecified atom stereocenters. The van der Waals surface area contributed by atoms with Crippen LogP contribution >= 0.6 is 0 Å². The van der Waals surface area contributed by atoms with Crippen LogP contribution in [0.5, 0.6) is 0 Å². The zero-order valence-electron chi connectivity index (χ0n) is 39.6. The Kier molecular flexibility index (Phi) is 16.4. The van der Waals surface area contributed by atoms with Crippen molar-refractivity contribution in [2.45, 2.75) is 107 Å². The van der Waals surface area contributed by atoms with E-state index in [1.165, 1.54) is 8.87 Å². The van der Waals surface area contributed by atoms with Crippen molar-refractivity contribution in [1.82, 2.24) is 48.7 Å². The summed E-state index contributed by atoms with van der Waals surface area (Å²) in [5.74, 6) is -0.239. The number of benzene rings is 2. The Morgan fingerprint density at radius 3 is 2.33 bits per heavy atom. The molecular formula is C48H65N11O9S. The monoisotopic (exact) mass is 971 g/mol. The lowest BCUT2D eigenvalue weighted by Crippen LogP contribution is -2.53. The van der Waals surface area contributed by atoms with E-state index in [4.69, 9.17) is 19.6 Å². The largest absolute Gasteiger partial charge is 0.393 e. The predicted octanol–water partition coefficient (Wildman–Crippen LogP) is 4.27. The average molecular weight is 972 g/mol. The molecule has 21 heteroatoms. The van der Waals surface area contributed by atoms with Gasteiger partial charge in [-0.25, -0.2) is 27.7 Å². The number of nitrogens with one attached hydrogen (secondary N) is 3. The van der Waals surface area contributed by atoms with Gasteiger partial charge in [0.1, 0.15) is 11.7 Å². The smallest absolute Gasteiger partial charge is 0.329 e. The van der Waals surface area contributed by atoms with Gasteiger partial charge < -0.3 is 30.1 Å². The fourth-order valence-electron chi connectivity index (χ4n) is 9.49. The van der Waals surface area contributed by atoms with Gasteiger partial charge in [-0.3, -0.25) is 24.0 Å². The van der Waals surface area contributed by atoms with Gasteiger partial charge in [0, 0.05) is 90.9 Å². The number of hydrogen-bond donors (Lipinski definition) is 4. The topological polar surface area (TPSA) is 237 Å². The number of fused-ring (bicyclic) bond motifs is 2. The van der Waals surface area contributed by atoms with Gasteiger partial charge in [0.2, 0.25) is 27.8 Å². The van der Waals surface area contributed by atoms with Crippen LogP contribution in [0.2, 0.25) is 0 Å². The molecular weight excluding hydrogens is 907 g/mol. The number of carbonyl (C=O) groups excluding carboxylic acids is 3. The highest BCUT2D eigenvalue weighted by Crippen LogP contribution is 2.35. The number of piperidine rings is 1. The van der Waals surface area contributed by atoms with E-state index in [9.17, 15) is 32.7 Å². The minimum atomic E-state index is -3.81. The number of aliphatic hydroxyl groups is 1. The number of unbranched alkanes of at least 4 members (excludes halogenated alkanes) is 1. The number of rotatable bonds is 21. The van der Waals surface area contributed by atoms with E-state index in [2.05, 4.69) is 27.9 Å². The van der Waals surface area contributed by atoms with Crippen molar-refractivity contribution in [1.29, 1.82) is 0 Å². The van der Waals surface area contributed by atoms with Gasteiger partial charge in [0.05, 0.1) is 33.5 Å². The molecule has 5 aromatic rings. The fraction of sp³-hybridized carbons (Fsp3) is 0.562. The van der Waals surface area contributed by atoms with E-state index >= 15 is 0 Å². The number of aryl methyl sites for hydroxylation is 2. The number of aliphatic hydroxyl groups excluding tert-OH is 1. The zero-order valence-corrected chi connectivity index (χ0v) is 40.4. The molecule has 0 spiro atoms. The molecule has 2 saturated heterocycles. The summed E-state index contributed by atoms with van der Waals surface area (Å²) in [6.45, 7) is 6.27. The fourth-order valence-corrected chi connectivity index (χ4v) is 10.9. The number of para-hydroxylation sites is 1. The van der Waals surface area contributed by atoms with Crippen LogP contribution in [-0.2, 0) is 42.6 Å². The maximum atomic E-state index is 13.8. The number of carbonyl (C=O) groups is 3. The lowest BCUT2D eigenvalue weighted by molar-refractivity contribution is -0.135. The molecule has 1 atom stereocenters. The number of amides is 4. The molecule has 69 heavy (non-hydrogen) atoms. The quantitative estimate of drug-likeness (QED) is 0.0595. The van der Waals surface area contributed by atoms with Crippen LogP contribution in [0.1, 0.15) is 95.2 Å². The van der Waals surface area contributed by atoms with Gasteiger partial charge in [-0.2, -0.15) is 14.4 Å². The highest BCUT2D eigenvalue weighted by Gasteiger charge is 2.33. The third-order valence-corrected chi connectivity index (χ3v) is 15.2. The molecule has 8 rings (SSSR count). The molecule has 4 amide bonds. The van der Waals surface area contributed by atoms with Crippen molar-refractivity contribution in [2.75, 3.05) is 71.0 Å². The zero-order chi connectivity index (χ0) is 48.5. The molecule has 2 aromatic carbocycles. The Morgan fingerprint density at radius 1 is 0.884 bits per heavy atom. The van der Waals surface area contributed by atoms with Gasteiger partial charge in [-0.1, -0.05) is 37.6 Å². The van der Waals surface area contributed by atoms with Crippen molar-refractivity contribution < 1.29 is 37.4 Å². The molecule has 1 aliphatic carbocycles. The standard InChI is InChI=1S/C48H65N11O9S/c1-3-4-22-49-46-51-32-38-42(54-59(44(38)53-46)35-14-16-36(60)17-15-35)33-12-18-37(19-13-33)69(65,66)57-26-24-56(25-27-57)47(63)50-23-7-29-68-31-8-30-67-28-6-10-34-9-5-11-39-43(34)55(2)48(64)58(39)40-20-21-41(61)52-45(40)62/h5,9,11-13,18-19,32,35-36,40,60H,3-4,6-8,10,14-17,20-31H2,1-2H3,(H,50,63)(H,49,51,53)(H,52,61,62). The molecule has 4 N–H and O–H groups in total. The summed E-state index contributed by atoms with van der Waals surface area (Å²) in [6.07, 6.45) is 9.72. The first-order chi connectivity index (χ1) is 33.4. The Bertz CT molecular complexity index is 2760. The van der Waals surface area contributed by atoms with E-state index in [0.29, 0.717) is 87.9 Å². The number of piperazine rings is 1. The number of imide groups is 1. The minimum absolute atomic E-state index is 0.0816. The van der Waals surface area contributed by atoms with Crippen LogP contribution in [0.15, 0.2) is 58.4 Å². The Balaban J connectivity index is 0.723. The molecule has 3 aliphatic rings. The van der Waals surface area contributed by atoms with E-state index in [1.54, 1.807) is 47.0 Å². The number of ether oxygens (including phenoxy) is 2. The van der Waals surface area contributed by atoms with Crippen LogP contribution < -0.4 is 21.6 Å². The molecule has 5 heterocycles. The van der Waals surface area contributed by atoms with Gasteiger partial charge in [0.15, 0.2) is 5.65 Å². The second-order valence-corrected chi connectivity index (χ2v) is 20.1. The third-order valence-electron chi connectivity index (χ3n) is 13.3. The summed E-state index contributed by atoms with van der Waals surface area (Å²) in [5.41, 5.74) is 4.28. The number of urea groups is 1. The van der Waals surface area contributed by atoms with Gasteiger partial charge >= 0.3 is 11.7 Å². The van der Waals surface area contributed by atoms with Crippen molar-refractivity contribution in [3.8, 4) is 11.3 Å². The summed E-state index contributed by atoms with van der Waals surface area (Å²) in [5, 5.41) is 24.5. The Labute approximate surface area is 401 Å². The summed E-state index contributed by atoms with van der Waals surface area (Å²) in [6, 6.07) is 11.6. The molecule has 20 nitrogen and oxygen atoms in total.